The smallest absolute Gasteiger partial charge is 0.292 e. The van der Waals surface area contributed by atoms with Crippen molar-refractivity contribution in [2.24, 2.45) is 0 Å². The maximum Gasteiger partial charge on any atom is 0.500 e. The first-order valence-corrected chi connectivity index (χ1v) is 8.72. The van der Waals surface area contributed by atoms with E-state index < -0.39 is 50.9 Å². The topological polar surface area (TPSA) is 115 Å². The Labute approximate surface area is 109 Å². The molecule has 0 radical (unpaired) electrons. The van der Waals surface area contributed by atoms with Gasteiger partial charge in [-0.15, -0.1) is 0 Å². The fraction of sp³-hybridized carbons (Fsp3) is 1.00. The molecule has 1 fully saturated rings. The molecule has 0 aliphatic carbocycles. The highest BCUT2D eigenvalue weighted by Crippen LogP contribution is 2.87. The molecule has 1 heterocycles. The van der Waals surface area contributed by atoms with E-state index in [9.17, 15) is 39.2 Å². The lowest BCUT2D eigenvalue weighted by atomic mass is 10.7. The van der Waals surface area contributed by atoms with E-state index in [1.807, 2.05) is 0 Å². The van der Waals surface area contributed by atoms with E-state index in [1.54, 1.807) is 0 Å². The molecule has 4 N–H and O–H groups in total. The fourth-order valence-electron chi connectivity index (χ4n) is 1.24. The van der Waals surface area contributed by atoms with E-state index in [4.69, 9.17) is 18.2 Å². The van der Waals surface area contributed by atoms with E-state index in [1.165, 1.54) is 0 Å². The fourth-order valence-corrected chi connectivity index (χ4v) is 9.81. The lowest BCUT2D eigenvalue weighted by Gasteiger charge is -2.39. The first-order chi connectivity index (χ1) is 8.37. The van der Waals surface area contributed by atoms with Crippen LogP contribution in [0.25, 0.3) is 0 Å². The zero-order valence-corrected chi connectivity index (χ0v) is 11.0. The third-order valence-electron chi connectivity index (χ3n) is 2.21. The van der Waals surface area contributed by atoms with Crippen molar-refractivity contribution in [2.75, 3.05) is 0 Å². The van der Waals surface area contributed by atoms with Crippen LogP contribution in [0.4, 0.5) is 30.7 Å². The van der Waals surface area contributed by atoms with Crippen molar-refractivity contribution in [3.8, 4) is 0 Å². The first-order valence-electron chi connectivity index (χ1n) is 3.96. The van der Waals surface area contributed by atoms with Crippen molar-refractivity contribution < 1.29 is 57.4 Å². The summed E-state index contributed by atoms with van der Waals surface area (Å²) in [5.74, 6) is 0. The predicted octanol–water partition coefficient (Wildman–Crippen LogP) is 2.91. The largest absolute Gasteiger partial charge is 0.500 e. The molecule has 0 amide bonds. The van der Waals surface area contributed by atoms with Crippen LogP contribution in [0, 0.1) is 0 Å². The Morgan fingerprint density at radius 2 is 1.10 bits per heavy atom. The Kier molecular flexibility index (Phi) is 3.65. The van der Waals surface area contributed by atoms with Gasteiger partial charge in [0.25, 0.3) is 13.8 Å². The van der Waals surface area contributed by atoms with Crippen molar-refractivity contribution in [3.05, 3.63) is 0 Å². The third-order valence-corrected chi connectivity index (χ3v) is 11.3. The van der Waals surface area contributed by atoms with Gasteiger partial charge in [-0.25, -0.2) is 8.42 Å². The van der Waals surface area contributed by atoms with Crippen LogP contribution in [0.5, 0.6) is 0 Å². The molecule has 1 saturated heterocycles. The van der Waals surface area contributed by atoms with Crippen molar-refractivity contribution in [2.45, 2.75) is 19.9 Å². The SMILES string of the molecule is O=S(=O)(C1S(O)(O)C(F)(F)C(F)(F)S1(O)O)C(F)(F)F. The summed E-state index contributed by atoms with van der Waals surface area (Å²) in [6.07, 6.45) is 0. The van der Waals surface area contributed by atoms with Gasteiger partial charge >= 0.3 is 16.0 Å². The average molecular weight is 378 g/mol. The van der Waals surface area contributed by atoms with Crippen LogP contribution in [0.3, 0.4) is 0 Å². The van der Waals surface area contributed by atoms with Crippen LogP contribution in [0.2, 0.25) is 0 Å². The number of hydrogen-bond donors (Lipinski definition) is 4. The van der Waals surface area contributed by atoms with Gasteiger partial charge in [-0.1, -0.05) is 21.2 Å². The van der Waals surface area contributed by atoms with E-state index in [0.29, 0.717) is 0 Å². The van der Waals surface area contributed by atoms with E-state index in [2.05, 4.69) is 0 Å². The Balaban J connectivity index is 3.73. The van der Waals surface area contributed by atoms with Gasteiger partial charge in [0.05, 0.1) is 0 Å². The summed E-state index contributed by atoms with van der Waals surface area (Å²) in [6.45, 7) is 0. The Bertz CT molecular complexity index is 497. The molecule has 0 spiro atoms. The van der Waals surface area contributed by atoms with Crippen molar-refractivity contribution in [3.63, 3.8) is 0 Å². The minimum absolute atomic E-state index is 4.58. The Morgan fingerprint density at radius 1 is 0.850 bits per heavy atom. The molecular weight excluding hydrogens is 373 g/mol. The van der Waals surface area contributed by atoms with Crippen LogP contribution in [-0.4, -0.2) is 46.6 Å². The standard InChI is InChI=1S/C4H5F7O6S3/c5-2(6)3(7,8)19(14,15)1(18(2,12)13)20(16,17)4(9,10)11/h1,12-15H. The molecule has 124 valence electrons. The van der Waals surface area contributed by atoms with Gasteiger partial charge in [-0.3, -0.25) is 18.2 Å². The minimum Gasteiger partial charge on any atom is -0.292 e. The highest BCUT2D eigenvalue weighted by molar-refractivity contribution is 8.51. The van der Waals surface area contributed by atoms with Gasteiger partial charge in [0, 0.05) is 0 Å². The van der Waals surface area contributed by atoms with E-state index in [-0.39, 0.29) is 0 Å². The summed E-state index contributed by atoms with van der Waals surface area (Å²) in [5, 5.41) is -12.3. The van der Waals surface area contributed by atoms with Crippen molar-refractivity contribution >= 4 is 31.0 Å². The summed E-state index contributed by atoms with van der Waals surface area (Å²) in [7, 11) is -20.3. The maximum atomic E-state index is 13.0. The highest BCUT2D eigenvalue weighted by Gasteiger charge is 2.87. The van der Waals surface area contributed by atoms with Crippen LogP contribution in [0.15, 0.2) is 0 Å². The molecule has 1 rings (SSSR count). The summed E-state index contributed by atoms with van der Waals surface area (Å²) < 4.78 is 141. The van der Waals surface area contributed by atoms with Gasteiger partial charge < -0.3 is 0 Å². The number of rotatable bonds is 1. The molecule has 0 aromatic rings. The van der Waals surface area contributed by atoms with Crippen LogP contribution < -0.4 is 0 Å². The molecule has 6 nitrogen and oxygen atoms in total. The van der Waals surface area contributed by atoms with Crippen LogP contribution >= 0.6 is 21.2 Å². The van der Waals surface area contributed by atoms with Gasteiger partial charge in [0.1, 0.15) is 0 Å². The lowest BCUT2D eigenvalue weighted by Crippen LogP contribution is -2.39. The van der Waals surface area contributed by atoms with Crippen LogP contribution in [0.1, 0.15) is 0 Å². The number of halogens is 7. The van der Waals surface area contributed by atoms with Crippen LogP contribution in [-0.2, 0) is 9.84 Å². The molecular formula is C4H5F7O6S3. The molecule has 1 aliphatic heterocycles. The van der Waals surface area contributed by atoms with E-state index in [0.717, 1.165) is 0 Å². The summed E-state index contributed by atoms with van der Waals surface area (Å²) in [5.41, 5.74) is -6.48. The average Bonchev–Trinajstić information content (AvgIpc) is 2.18. The Hall–Kier alpha value is -0.000000000000000111. The summed E-state index contributed by atoms with van der Waals surface area (Å²) in [6, 6.07) is 0. The molecule has 0 bridgehead atoms. The molecule has 0 aromatic carbocycles. The second-order valence-corrected chi connectivity index (χ2v) is 10.8. The predicted molar refractivity (Wildman–Crippen MR) is 54.4 cm³/mol. The number of sulfone groups is 1. The molecule has 0 unspecified atom stereocenters. The Morgan fingerprint density at radius 3 is 1.30 bits per heavy atom. The highest BCUT2D eigenvalue weighted by atomic mass is 32.4. The van der Waals surface area contributed by atoms with Gasteiger partial charge in [-0.2, -0.15) is 30.7 Å². The number of hydrogen-bond acceptors (Lipinski definition) is 6. The monoisotopic (exact) mass is 378 g/mol. The molecule has 0 aromatic heterocycles. The molecule has 1 aliphatic rings. The summed E-state index contributed by atoms with van der Waals surface area (Å²) in [4.78, 5) is 0. The third kappa shape index (κ3) is 1.78. The molecule has 0 atom stereocenters. The van der Waals surface area contributed by atoms with Crippen molar-refractivity contribution in [1.29, 1.82) is 0 Å². The van der Waals surface area contributed by atoms with Gasteiger partial charge in [0.15, 0.2) is 0 Å². The van der Waals surface area contributed by atoms with Gasteiger partial charge in [-0.05, 0) is 0 Å². The second-order valence-electron chi connectivity index (χ2n) is 3.50. The van der Waals surface area contributed by atoms with E-state index >= 15 is 0 Å². The molecule has 20 heavy (non-hydrogen) atoms. The normalized spacial score (nSPS) is 31.8. The molecule has 16 heteroatoms. The summed E-state index contributed by atoms with van der Waals surface area (Å²) >= 11 is 0. The van der Waals surface area contributed by atoms with Crippen molar-refractivity contribution in [1.82, 2.24) is 0 Å². The zero-order chi connectivity index (χ0) is 16.6. The quantitative estimate of drug-likeness (QED) is 0.522. The minimum atomic E-state index is -7.12. The second kappa shape index (κ2) is 4.05. The molecule has 0 saturated carbocycles. The zero-order valence-electron chi connectivity index (χ0n) is 8.55. The lowest BCUT2D eigenvalue weighted by molar-refractivity contribution is -0.101. The van der Waals surface area contributed by atoms with Gasteiger partial charge in [0.2, 0.25) is 0 Å². The first kappa shape index (κ1) is 18.1. The number of alkyl halides is 7. The maximum absolute atomic E-state index is 13.0.